The van der Waals surface area contributed by atoms with E-state index in [0.717, 1.165) is 0 Å². The molecule has 6 N–H and O–H groups in total. The first-order chi connectivity index (χ1) is 11.8. The van der Waals surface area contributed by atoms with Gasteiger partial charge in [-0.3, -0.25) is 15.5 Å². The number of aliphatic hydroxyl groups is 2. The number of ether oxygens (including phenoxy) is 2. The van der Waals surface area contributed by atoms with Crippen LogP contribution in [0.2, 0.25) is 0 Å². The number of hydrogen-bond donors (Lipinski definition) is 5. The Bertz CT molecular complexity index is 578. The van der Waals surface area contributed by atoms with Gasteiger partial charge in [0.15, 0.2) is 12.1 Å². The van der Waals surface area contributed by atoms with Crippen molar-refractivity contribution < 1.29 is 29.7 Å². The van der Waals surface area contributed by atoms with Gasteiger partial charge in [-0.05, 0) is 12.0 Å². The molecule has 0 aromatic heterocycles. The summed E-state index contributed by atoms with van der Waals surface area (Å²) in [6.45, 7) is 7.03. The monoisotopic (exact) mass is 356 g/mol. The summed E-state index contributed by atoms with van der Waals surface area (Å²) < 4.78 is 10.7. The molecule has 1 fully saturated rings. The zero-order chi connectivity index (χ0) is 18.7. The number of rotatable bonds is 5. The molecular formula is C15H24N4O6. The molecule has 0 aromatic carbocycles. The third kappa shape index (κ3) is 4.17. The number of hydroxylamine groups is 1. The van der Waals surface area contributed by atoms with Gasteiger partial charge in [0.05, 0.1) is 0 Å². The largest absolute Gasteiger partial charge is 0.462 e. The predicted octanol–water partition coefficient (Wildman–Crippen LogP) is -1.36. The lowest BCUT2D eigenvalue weighted by atomic mass is 10.1. The van der Waals surface area contributed by atoms with Crippen LogP contribution >= 0.6 is 0 Å². The molecule has 5 atom stereocenters. The fraction of sp³-hybridized carbons (Fsp3) is 0.600. The van der Waals surface area contributed by atoms with Gasteiger partial charge in [-0.2, -0.15) is 0 Å². The van der Waals surface area contributed by atoms with Crippen LogP contribution in [0.4, 0.5) is 0 Å². The van der Waals surface area contributed by atoms with E-state index in [2.05, 4.69) is 11.6 Å². The maximum Gasteiger partial charge on any atom is 0.323 e. The molecule has 2 aliphatic heterocycles. The highest BCUT2D eigenvalue weighted by Gasteiger charge is 2.46. The van der Waals surface area contributed by atoms with Crippen LogP contribution in [-0.2, 0) is 14.3 Å². The number of carbonyl (C=O) groups is 1. The molecule has 10 heteroatoms. The summed E-state index contributed by atoms with van der Waals surface area (Å²) in [4.78, 5) is 17.2. The fourth-order valence-electron chi connectivity index (χ4n) is 2.39. The van der Waals surface area contributed by atoms with Gasteiger partial charge in [0.25, 0.3) is 0 Å². The number of amidine groups is 1. The molecule has 1 saturated heterocycles. The van der Waals surface area contributed by atoms with Gasteiger partial charge in [-0.15, -0.1) is 0 Å². The molecule has 0 unspecified atom stereocenters. The molecule has 10 nitrogen and oxygen atoms in total. The molecule has 25 heavy (non-hydrogen) atoms. The zero-order valence-electron chi connectivity index (χ0n) is 14.1. The van der Waals surface area contributed by atoms with Crippen molar-refractivity contribution in [3.8, 4) is 0 Å². The lowest BCUT2D eigenvalue weighted by Crippen LogP contribution is -2.42. The molecule has 0 radical (unpaired) electrons. The van der Waals surface area contributed by atoms with E-state index >= 15 is 0 Å². The van der Waals surface area contributed by atoms with Gasteiger partial charge < -0.3 is 30.3 Å². The average molecular weight is 356 g/mol. The third-order valence-corrected chi connectivity index (χ3v) is 4.05. The van der Waals surface area contributed by atoms with E-state index in [-0.39, 0.29) is 24.2 Å². The first kappa shape index (κ1) is 19.3. The topological polar surface area (TPSA) is 150 Å². The second-order valence-corrected chi connectivity index (χ2v) is 6.19. The van der Waals surface area contributed by atoms with E-state index < -0.39 is 36.6 Å². The van der Waals surface area contributed by atoms with E-state index in [1.165, 1.54) is 17.2 Å². The van der Waals surface area contributed by atoms with Crippen LogP contribution in [-0.4, -0.2) is 69.3 Å². The smallest absolute Gasteiger partial charge is 0.323 e. The van der Waals surface area contributed by atoms with Gasteiger partial charge in [0, 0.05) is 6.20 Å². The summed E-state index contributed by atoms with van der Waals surface area (Å²) in [6.07, 6.45) is -1.52. The van der Waals surface area contributed by atoms with Gasteiger partial charge in [0.1, 0.15) is 36.8 Å². The molecule has 0 aliphatic carbocycles. The minimum absolute atomic E-state index is 0.0886. The summed E-state index contributed by atoms with van der Waals surface area (Å²) in [5, 5.41) is 29.2. The van der Waals surface area contributed by atoms with Gasteiger partial charge >= 0.3 is 5.97 Å². The van der Waals surface area contributed by atoms with Crippen molar-refractivity contribution in [1.82, 2.24) is 10.4 Å². The maximum atomic E-state index is 11.8. The van der Waals surface area contributed by atoms with E-state index in [9.17, 15) is 15.0 Å². The molecule has 2 rings (SSSR count). The minimum atomic E-state index is -1.28. The first-order valence-corrected chi connectivity index (χ1v) is 7.84. The van der Waals surface area contributed by atoms with E-state index in [4.69, 9.17) is 20.4 Å². The molecule has 140 valence electrons. The highest BCUT2D eigenvalue weighted by atomic mass is 16.6. The number of aliphatic imine (C=N–C) groups is 1. The minimum Gasteiger partial charge on any atom is -0.462 e. The van der Waals surface area contributed by atoms with Crippen molar-refractivity contribution in [2.45, 2.75) is 44.4 Å². The summed E-state index contributed by atoms with van der Waals surface area (Å²) in [5.41, 5.74) is 7.58. The Morgan fingerprint density at radius 3 is 2.76 bits per heavy atom. The standard InChI is InChI=1S/C15H24N4O6/c1-7(2)11(16)15(22)24-6-9-12(20)13(21)14(25-9)19-5-4-10(18-23)17-8(19)3/h4-5,7,9,11-14,20-21,23H,3,6,16H2,1-2H3,(H,17,18)/t9-,11+,12-,13-,14-/m1/s1. The van der Waals surface area contributed by atoms with Crippen molar-refractivity contribution in [3.05, 3.63) is 24.7 Å². The highest BCUT2D eigenvalue weighted by molar-refractivity contribution is 5.93. The van der Waals surface area contributed by atoms with Crippen molar-refractivity contribution in [2.24, 2.45) is 16.6 Å². The summed E-state index contributed by atoms with van der Waals surface area (Å²) >= 11 is 0. The second kappa shape index (κ2) is 7.93. The third-order valence-electron chi connectivity index (χ3n) is 4.05. The summed E-state index contributed by atoms with van der Waals surface area (Å²) in [7, 11) is 0. The molecule has 0 bridgehead atoms. The molecule has 0 aromatic rings. The van der Waals surface area contributed by atoms with Crippen molar-refractivity contribution >= 4 is 11.8 Å². The predicted molar refractivity (Wildman–Crippen MR) is 86.9 cm³/mol. The maximum absolute atomic E-state index is 11.8. The van der Waals surface area contributed by atoms with E-state index in [0.29, 0.717) is 0 Å². The summed E-state index contributed by atoms with van der Waals surface area (Å²) in [5.74, 6) is -0.333. The number of hydrogen-bond acceptors (Lipinski definition) is 10. The normalized spacial score (nSPS) is 30.4. The van der Waals surface area contributed by atoms with Crippen molar-refractivity contribution in [3.63, 3.8) is 0 Å². The zero-order valence-corrected chi connectivity index (χ0v) is 14.1. The number of esters is 1. The molecular weight excluding hydrogens is 332 g/mol. The van der Waals surface area contributed by atoms with Crippen LogP contribution in [0.3, 0.4) is 0 Å². The van der Waals surface area contributed by atoms with Gasteiger partial charge in [-0.25, -0.2) is 4.99 Å². The average Bonchev–Trinajstić information content (AvgIpc) is 2.86. The molecule has 2 aliphatic rings. The Balaban J connectivity index is 1.97. The van der Waals surface area contributed by atoms with Crippen LogP contribution in [0.1, 0.15) is 13.8 Å². The van der Waals surface area contributed by atoms with E-state index in [1.807, 2.05) is 5.48 Å². The Hall–Kier alpha value is -1.98. The van der Waals surface area contributed by atoms with Crippen LogP contribution in [0.5, 0.6) is 0 Å². The SMILES string of the molecule is C=C1N=C(NO)C=CN1[C@@H]1O[C@H](COC(=O)[C@@H](N)C(C)C)[C@@H](O)[C@H]1O. The van der Waals surface area contributed by atoms with Crippen LogP contribution in [0.25, 0.3) is 0 Å². The van der Waals surface area contributed by atoms with E-state index in [1.54, 1.807) is 13.8 Å². The molecule has 0 amide bonds. The number of nitrogens with zero attached hydrogens (tertiary/aromatic N) is 2. The quantitative estimate of drug-likeness (QED) is 0.297. The lowest BCUT2D eigenvalue weighted by molar-refractivity contribution is -0.153. The molecule has 2 heterocycles. The Labute approximate surface area is 145 Å². The van der Waals surface area contributed by atoms with Crippen LogP contribution in [0.15, 0.2) is 29.7 Å². The molecule has 0 saturated carbocycles. The van der Waals surface area contributed by atoms with Crippen molar-refractivity contribution in [1.29, 1.82) is 0 Å². The second-order valence-electron chi connectivity index (χ2n) is 6.19. The number of nitrogens with one attached hydrogen (secondary N) is 1. The Morgan fingerprint density at radius 1 is 1.52 bits per heavy atom. The van der Waals surface area contributed by atoms with Crippen molar-refractivity contribution in [2.75, 3.05) is 6.61 Å². The van der Waals surface area contributed by atoms with Gasteiger partial charge in [0.2, 0.25) is 0 Å². The number of aliphatic hydroxyl groups excluding tert-OH is 2. The van der Waals surface area contributed by atoms with Crippen LogP contribution < -0.4 is 11.2 Å². The van der Waals surface area contributed by atoms with Crippen LogP contribution in [0, 0.1) is 5.92 Å². The fourth-order valence-corrected chi connectivity index (χ4v) is 2.39. The molecule has 0 spiro atoms. The number of carbonyl (C=O) groups excluding carboxylic acids is 1. The Morgan fingerprint density at radius 2 is 2.20 bits per heavy atom. The summed E-state index contributed by atoms with van der Waals surface area (Å²) in [6, 6.07) is -0.775. The van der Waals surface area contributed by atoms with Gasteiger partial charge in [-0.1, -0.05) is 20.4 Å². The lowest BCUT2D eigenvalue weighted by Gasteiger charge is -2.30. The first-order valence-electron chi connectivity index (χ1n) is 7.84. The highest BCUT2D eigenvalue weighted by Crippen LogP contribution is 2.28. The number of nitrogens with two attached hydrogens (primary N) is 1. The Kier molecular flexibility index (Phi) is 6.14.